The Morgan fingerprint density at radius 1 is 0.766 bits per heavy atom. The lowest BCUT2D eigenvalue weighted by atomic mass is 10.1. The number of amides is 4. The smallest absolute Gasteiger partial charge is 0.338 e. The molecule has 2 aromatic carbocycles. The van der Waals surface area contributed by atoms with Gasteiger partial charge in [-0.3, -0.25) is 28.4 Å². The van der Waals surface area contributed by atoms with Crippen molar-refractivity contribution in [1.29, 1.82) is 0 Å². The first-order chi connectivity index (χ1) is 22.7. The quantitative estimate of drug-likeness (QED) is 0.154. The summed E-state index contributed by atoms with van der Waals surface area (Å²) in [6.07, 6.45) is 9.34. The zero-order chi connectivity index (χ0) is 34.1. The van der Waals surface area contributed by atoms with E-state index in [1.165, 1.54) is 56.7 Å². The van der Waals surface area contributed by atoms with E-state index in [4.69, 9.17) is 9.47 Å². The molecule has 3 aromatic rings. The molecule has 246 valence electrons. The summed E-state index contributed by atoms with van der Waals surface area (Å²) in [5, 5.41) is 13.5. The average molecular weight is 642 g/mol. The van der Waals surface area contributed by atoms with Gasteiger partial charge in [-0.2, -0.15) is 0 Å². The number of imide groups is 2. The molecule has 1 saturated heterocycles. The molecule has 4 amide bonds. The molecule has 0 saturated carbocycles. The summed E-state index contributed by atoms with van der Waals surface area (Å²) in [4.78, 5) is 68.6. The van der Waals surface area contributed by atoms with Crippen molar-refractivity contribution in [3.63, 3.8) is 0 Å². The molecular weight excluding hydrogens is 604 g/mol. The molecule has 1 aromatic heterocycles. The van der Waals surface area contributed by atoms with Gasteiger partial charge in [-0.05, 0) is 55.1 Å². The second-order valence-electron chi connectivity index (χ2n) is 10.6. The molecule has 47 heavy (non-hydrogen) atoms. The second kappa shape index (κ2) is 15.6. The topological polar surface area (TPSA) is 143 Å². The number of anilines is 1. The van der Waals surface area contributed by atoms with E-state index in [0.717, 1.165) is 31.8 Å². The maximum Gasteiger partial charge on any atom is 0.338 e. The van der Waals surface area contributed by atoms with Crippen molar-refractivity contribution in [2.75, 3.05) is 25.7 Å². The minimum atomic E-state index is -0.805. The summed E-state index contributed by atoms with van der Waals surface area (Å²) >= 11 is 0. The van der Waals surface area contributed by atoms with Crippen LogP contribution in [0.15, 0.2) is 88.0 Å². The Balaban J connectivity index is 1.72. The fourth-order valence-corrected chi connectivity index (χ4v) is 4.94. The lowest BCUT2D eigenvalue weighted by Gasteiger charge is -2.33. The molecule has 0 aliphatic carbocycles. The predicted molar refractivity (Wildman–Crippen MR) is 176 cm³/mol. The van der Waals surface area contributed by atoms with Gasteiger partial charge >= 0.3 is 11.7 Å². The van der Waals surface area contributed by atoms with E-state index in [0.29, 0.717) is 24.3 Å². The lowest BCUT2D eigenvalue weighted by molar-refractivity contribution is -0.278. The number of hydrogen-bond acceptors (Lipinski definition) is 8. The molecule has 0 atom stereocenters. The van der Waals surface area contributed by atoms with Gasteiger partial charge in [0.2, 0.25) is 0 Å². The van der Waals surface area contributed by atoms with Gasteiger partial charge in [-0.1, -0.05) is 57.0 Å². The fraction of sp³-hybridized carbons (Fsp3) is 0.286. The van der Waals surface area contributed by atoms with Gasteiger partial charge in [0.25, 0.3) is 17.4 Å². The van der Waals surface area contributed by atoms with Crippen molar-refractivity contribution >= 4 is 29.6 Å². The Morgan fingerprint density at radius 2 is 1.38 bits per heavy atom. The van der Waals surface area contributed by atoms with Gasteiger partial charge < -0.3 is 14.6 Å². The zero-order valence-electron chi connectivity index (χ0n) is 26.8. The molecule has 1 aliphatic rings. The number of carbonyl (C=O) groups excluding carboxylic acids is 3. The molecule has 1 aliphatic heterocycles. The first kappa shape index (κ1) is 34.2. The third kappa shape index (κ3) is 7.27. The van der Waals surface area contributed by atoms with E-state index in [1.807, 2.05) is 13.8 Å². The summed E-state index contributed by atoms with van der Waals surface area (Å²) in [6, 6.07) is 12.0. The first-order valence-electron chi connectivity index (χ1n) is 15.3. The van der Waals surface area contributed by atoms with Crippen LogP contribution in [-0.2, 0) is 16.1 Å². The Kier molecular flexibility index (Phi) is 11.3. The van der Waals surface area contributed by atoms with Crippen molar-refractivity contribution in [2.24, 2.45) is 0 Å². The van der Waals surface area contributed by atoms with E-state index in [9.17, 15) is 29.1 Å². The number of carbonyl (C=O) groups is 3. The standard InChI is InChI=1S/C35H38N4O8/c1-5-7-20-36-30(40)28(32(42)38(34(36)44)24-14-12-16-26(22-24)46-3)18-10-9-11-19-29-31(41)37(21-8-6-2)35(45)39(33(29)43)25-15-13-17-27(23-25)47-4/h9-19,22-23,42H,5-8,20-21H2,1-4H3/p-1/b11-9+,18-10+,29-19+. The van der Waals surface area contributed by atoms with Crippen LogP contribution in [-0.4, -0.2) is 52.6 Å². The van der Waals surface area contributed by atoms with E-state index in [2.05, 4.69) is 0 Å². The van der Waals surface area contributed by atoms with Gasteiger partial charge in [-0.15, -0.1) is 0 Å². The summed E-state index contributed by atoms with van der Waals surface area (Å²) in [6.45, 7) is 4.10. The molecule has 0 spiro atoms. The van der Waals surface area contributed by atoms with Crippen molar-refractivity contribution in [2.45, 2.75) is 46.1 Å². The summed E-state index contributed by atoms with van der Waals surface area (Å²) in [5.74, 6) is -1.48. The van der Waals surface area contributed by atoms with E-state index >= 15 is 0 Å². The zero-order valence-corrected chi connectivity index (χ0v) is 26.8. The number of rotatable bonds is 13. The average Bonchev–Trinajstić information content (AvgIpc) is 3.07. The van der Waals surface area contributed by atoms with E-state index in [1.54, 1.807) is 36.4 Å². The fourth-order valence-electron chi connectivity index (χ4n) is 4.94. The largest absolute Gasteiger partial charge is 0.859 e. The minimum absolute atomic E-state index is 0.127. The van der Waals surface area contributed by atoms with Crippen LogP contribution < -0.4 is 30.7 Å². The minimum Gasteiger partial charge on any atom is -0.859 e. The first-order valence-corrected chi connectivity index (χ1v) is 15.3. The Morgan fingerprint density at radius 3 is 2.02 bits per heavy atom. The molecule has 12 nitrogen and oxygen atoms in total. The highest BCUT2D eigenvalue weighted by Gasteiger charge is 2.42. The SMILES string of the molecule is CCCCN1C(=O)\C(=C/C=C/C=C/c2c([O-])n(-c3cccc(OC)c3)c(=O)n(CCCC)c2=O)C(=O)N(c2cccc(OC)c2)C1=O. The van der Waals surface area contributed by atoms with Crippen molar-refractivity contribution in [3.05, 3.63) is 105 Å². The van der Waals surface area contributed by atoms with E-state index < -0.39 is 35.0 Å². The third-order valence-electron chi connectivity index (χ3n) is 7.50. The van der Waals surface area contributed by atoms with Gasteiger partial charge in [0.15, 0.2) is 0 Å². The predicted octanol–water partition coefficient (Wildman–Crippen LogP) is 4.18. The normalized spacial score (nSPS) is 14.6. The number of hydrogen-bond donors (Lipinski definition) is 0. The van der Waals surface area contributed by atoms with Gasteiger partial charge in [0.05, 0.1) is 25.6 Å². The van der Waals surface area contributed by atoms with Crippen LogP contribution in [0.25, 0.3) is 11.8 Å². The number of aromatic nitrogens is 2. The van der Waals surface area contributed by atoms with Crippen LogP contribution in [0.4, 0.5) is 10.5 Å². The lowest BCUT2D eigenvalue weighted by Crippen LogP contribution is -2.56. The monoisotopic (exact) mass is 641 g/mol. The summed E-state index contributed by atoms with van der Waals surface area (Å²) in [5.41, 5.74) is -1.48. The highest BCUT2D eigenvalue weighted by atomic mass is 16.5. The van der Waals surface area contributed by atoms with Gasteiger partial charge in [-0.25, -0.2) is 14.5 Å². The number of benzene rings is 2. The summed E-state index contributed by atoms with van der Waals surface area (Å²) in [7, 11) is 2.92. The van der Waals surface area contributed by atoms with Crippen molar-refractivity contribution in [1.82, 2.24) is 14.0 Å². The molecule has 1 fully saturated rings. The molecule has 12 heteroatoms. The number of nitrogens with zero attached hydrogens (tertiary/aromatic N) is 4. The Bertz CT molecular complexity index is 1870. The molecular formula is C35H37N4O8-. The number of unbranched alkanes of at least 4 members (excludes halogenated alkanes) is 2. The van der Waals surface area contributed by atoms with Crippen LogP contribution >= 0.6 is 0 Å². The molecule has 0 N–H and O–H groups in total. The number of urea groups is 1. The van der Waals surface area contributed by atoms with Crippen LogP contribution in [0, 0.1) is 0 Å². The Hall–Kier alpha value is -5.65. The third-order valence-corrected chi connectivity index (χ3v) is 7.50. The second-order valence-corrected chi connectivity index (χ2v) is 10.6. The number of methoxy groups -OCH3 is 2. The molecule has 2 heterocycles. The van der Waals surface area contributed by atoms with Crippen LogP contribution in [0.3, 0.4) is 0 Å². The number of ether oxygens (including phenoxy) is 2. The van der Waals surface area contributed by atoms with Crippen LogP contribution in [0.1, 0.15) is 45.1 Å². The van der Waals surface area contributed by atoms with Crippen LogP contribution in [0.2, 0.25) is 0 Å². The highest BCUT2D eigenvalue weighted by molar-refractivity contribution is 6.37. The Labute approximate surface area is 272 Å². The van der Waals surface area contributed by atoms with E-state index in [-0.39, 0.29) is 35.6 Å². The molecule has 0 radical (unpaired) electrons. The number of allylic oxidation sites excluding steroid dienone is 4. The maximum atomic E-state index is 13.5. The summed E-state index contributed by atoms with van der Waals surface area (Å²) < 4.78 is 12.4. The maximum absolute atomic E-state index is 13.5. The molecule has 0 unspecified atom stereocenters. The van der Waals surface area contributed by atoms with Crippen molar-refractivity contribution in [3.8, 4) is 23.1 Å². The highest BCUT2D eigenvalue weighted by Crippen LogP contribution is 2.28. The van der Waals surface area contributed by atoms with Crippen molar-refractivity contribution < 1.29 is 29.0 Å². The van der Waals surface area contributed by atoms with Gasteiger partial charge in [0, 0.05) is 30.8 Å². The van der Waals surface area contributed by atoms with Gasteiger partial charge in [0.1, 0.15) is 17.1 Å². The molecule has 0 bridgehead atoms. The van der Waals surface area contributed by atoms with Crippen LogP contribution in [0.5, 0.6) is 17.4 Å². The number of barbiturate groups is 1. The molecule has 4 rings (SSSR count).